The van der Waals surface area contributed by atoms with Gasteiger partial charge >= 0.3 is 0 Å². The Labute approximate surface area is 121 Å². The Hall–Kier alpha value is -1.70. The lowest BCUT2D eigenvalue weighted by Crippen LogP contribution is -2.30. The molecule has 1 N–H and O–H groups in total. The topological polar surface area (TPSA) is 17.0 Å². The molecule has 0 aliphatic heterocycles. The summed E-state index contributed by atoms with van der Waals surface area (Å²) in [5.74, 6) is 1.67. The van der Waals surface area contributed by atoms with Crippen molar-refractivity contribution in [1.29, 1.82) is 0 Å². The van der Waals surface area contributed by atoms with Crippen LogP contribution in [0.25, 0.3) is 5.69 Å². The van der Waals surface area contributed by atoms with E-state index in [0.717, 1.165) is 11.8 Å². The highest BCUT2D eigenvalue weighted by atomic mass is 15.0. The van der Waals surface area contributed by atoms with Crippen molar-refractivity contribution in [2.45, 2.75) is 39.2 Å². The molecule has 0 amide bonds. The Bertz CT molecular complexity index is 534. The molecular formula is C18H24N2. The number of benzene rings is 1. The van der Waals surface area contributed by atoms with Gasteiger partial charge < -0.3 is 9.88 Å². The second-order valence-corrected chi connectivity index (χ2v) is 6.40. The summed E-state index contributed by atoms with van der Waals surface area (Å²) >= 11 is 0. The summed E-state index contributed by atoms with van der Waals surface area (Å²) < 4.78 is 2.15. The number of rotatable bonds is 3. The summed E-state index contributed by atoms with van der Waals surface area (Å²) in [6.07, 6.45) is 8.13. The minimum atomic E-state index is 0.619. The van der Waals surface area contributed by atoms with Crippen molar-refractivity contribution >= 4 is 5.69 Å². The predicted octanol–water partition coefficient (Wildman–Crippen LogP) is 4.71. The van der Waals surface area contributed by atoms with Crippen LogP contribution in [0.5, 0.6) is 0 Å². The Balaban J connectivity index is 1.73. The van der Waals surface area contributed by atoms with E-state index >= 15 is 0 Å². The molecule has 1 saturated carbocycles. The van der Waals surface area contributed by atoms with Gasteiger partial charge in [0, 0.05) is 29.8 Å². The van der Waals surface area contributed by atoms with Crippen molar-refractivity contribution in [1.82, 2.24) is 4.57 Å². The van der Waals surface area contributed by atoms with Crippen LogP contribution in [0.1, 0.15) is 33.1 Å². The van der Waals surface area contributed by atoms with E-state index in [1.165, 1.54) is 30.6 Å². The van der Waals surface area contributed by atoms with Gasteiger partial charge in [0.2, 0.25) is 0 Å². The maximum atomic E-state index is 3.73. The van der Waals surface area contributed by atoms with E-state index in [-0.39, 0.29) is 0 Å². The van der Waals surface area contributed by atoms with E-state index in [2.05, 4.69) is 72.5 Å². The van der Waals surface area contributed by atoms with Crippen molar-refractivity contribution in [2.24, 2.45) is 11.8 Å². The fourth-order valence-corrected chi connectivity index (χ4v) is 3.56. The van der Waals surface area contributed by atoms with Crippen LogP contribution in [0.4, 0.5) is 5.69 Å². The minimum Gasteiger partial charge on any atom is -0.382 e. The summed E-state index contributed by atoms with van der Waals surface area (Å²) in [5.41, 5.74) is 2.46. The van der Waals surface area contributed by atoms with Gasteiger partial charge in [-0.05, 0) is 61.4 Å². The number of nitrogens with one attached hydrogen (secondary N) is 1. The third-order valence-corrected chi connectivity index (χ3v) is 4.30. The van der Waals surface area contributed by atoms with Crippen LogP contribution in [0, 0.1) is 11.8 Å². The second-order valence-electron chi connectivity index (χ2n) is 6.40. The Morgan fingerprint density at radius 3 is 2.35 bits per heavy atom. The van der Waals surface area contributed by atoms with Crippen LogP contribution in [-0.4, -0.2) is 10.6 Å². The lowest BCUT2D eigenvalue weighted by atomic mass is 9.80. The molecule has 2 atom stereocenters. The molecule has 1 heterocycles. The quantitative estimate of drug-likeness (QED) is 0.852. The average Bonchev–Trinajstić information content (AvgIpc) is 2.91. The first-order valence-electron chi connectivity index (χ1n) is 7.70. The van der Waals surface area contributed by atoms with Gasteiger partial charge in [-0.2, -0.15) is 0 Å². The third kappa shape index (κ3) is 3.06. The summed E-state index contributed by atoms with van der Waals surface area (Å²) in [5, 5.41) is 3.73. The molecule has 2 aromatic rings. The van der Waals surface area contributed by atoms with Crippen LogP contribution >= 0.6 is 0 Å². The summed E-state index contributed by atoms with van der Waals surface area (Å²) in [7, 11) is 0. The van der Waals surface area contributed by atoms with Crippen LogP contribution in [0.15, 0.2) is 48.8 Å². The van der Waals surface area contributed by atoms with Gasteiger partial charge in [0.25, 0.3) is 0 Å². The molecule has 0 spiro atoms. The van der Waals surface area contributed by atoms with Gasteiger partial charge in [0.1, 0.15) is 0 Å². The molecule has 1 fully saturated rings. The van der Waals surface area contributed by atoms with Gasteiger partial charge in [-0.3, -0.25) is 0 Å². The van der Waals surface area contributed by atoms with Gasteiger partial charge in [-0.1, -0.05) is 19.9 Å². The van der Waals surface area contributed by atoms with E-state index < -0.39 is 0 Å². The number of anilines is 1. The number of nitrogens with zero attached hydrogens (tertiary/aromatic N) is 1. The van der Waals surface area contributed by atoms with Crippen molar-refractivity contribution < 1.29 is 0 Å². The Kier molecular flexibility index (Phi) is 3.81. The van der Waals surface area contributed by atoms with Crippen molar-refractivity contribution in [3.63, 3.8) is 0 Å². The fourth-order valence-electron chi connectivity index (χ4n) is 3.56. The third-order valence-electron chi connectivity index (χ3n) is 4.30. The molecule has 1 aromatic carbocycles. The smallest absolute Gasteiger partial charge is 0.0469 e. The van der Waals surface area contributed by atoms with Gasteiger partial charge in [-0.25, -0.2) is 0 Å². The molecule has 1 aliphatic carbocycles. The summed E-state index contributed by atoms with van der Waals surface area (Å²) in [6.45, 7) is 4.75. The second kappa shape index (κ2) is 5.74. The lowest BCUT2D eigenvalue weighted by molar-refractivity contribution is 0.281. The molecule has 106 valence electrons. The molecular weight excluding hydrogens is 244 g/mol. The maximum Gasteiger partial charge on any atom is 0.0469 e. The van der Waals surface area contributed by atoms with Crippen LogP contribution < -0.4 is 5.32 Å². The number of hydrogen-bond acceptors (Lipinski definition) is 1. The van der Waals surface area contributed by atoms with Crippen LogP contribution in [0.3, 0.4) is 0 Å². The van der Waals surface area contributed by atoms with Gasteiger partial charge in [0.05, 0.1) is 0 Å². The number of hydrogen-bond donors (Lipinski definition) is 1. The normalized spacial score (nSPS) is 26.4. The standard InChI is InChI=1S/C18H24N2/c1-14-10-15(2)12-17(11-14)19-16-6-5-7-18(13-16)20-8-3-4-9-20/h3-9,13-15,17,19H,10-12H2,1-2H3. The molecule has 2 heteroatoms. The molecule has 2 unspecified atom stereocenters. The number of aromatic nitrogens is 1. The fraction of sp³-hybridized carbons (Fsp3) is 0.444. The zero-order valence-corrected chi connectivity index (χ0v) is 12.4. The SMILES string of the molecule is CC1CC(C)CC(Nc2cccc(-n3cccc3)c2)C1. The van der Waals surface area contributed by atoms with E-state index in [1.807, 2.05) is 0 Å². The first-order valence-corrected chi connectivity index (χ1v) is 7.70. The van der Waals surface area contributed by atoms with Gasteiger partial charge in [-0.15, -0.1) is 0 Å². The highest BCUT2D eigenvalue weighted by Gasteiger charge is 2.23. The molecule has 0 bridgehead atoms. The van der Waals surface area contributed by atoms with E-state index in [9.17, 15) is 0 Å². The largest absolute Gasteiger partial charge is 0.382 e. The molecule has 1 aliphatic rings. The maximum absolute atomic E-state index is 3.73. The first-order chi connectivity index (χ1) is 9.70. The zero-order chi connectivity index (χ0) is 13.9. The van der Waals surface area contributed by atoms with E-state index in [4.69, 9.17) is 0 Å². The Morgan fingerprint density at radius 1 is 0.950 bits per heavy atom. The summed E-state index contributed by atoms with van der Waals surface area (Å²) in [4.78, 5) is 0. The highest BCUT2D eigenvalue weighted by Crippen LogP contribution is 2.30. The molecule has 0 radical (unpaired) electrons. The predicted molar refractivity (Wildman–Crippen MR) is 85.4 cm³/mol. The lowest BCUT2D eigenvalue weighted by Gasteiger charge is -2.32. The monoisotopic (exact) mass is 268 g/mol. The van der Waals surface area contributed by atoms with Crippen LogP contribution in [-0.2, 0) is 0 Å². The van der Waals surface area contributed by atoms with Crippen molar-refractivity contribution in [2.75, 3.05) is 5.32 Å². The highest BCUT2D eigenvalue weighted by molar-refractivity contribution is 5.52. The Morgan fingerprint density at radius 2 is 1.65 bits per heavy atom. The summed E-state index contributed by atoms with van der Waals surface area (Å²) in [6, 6.07) is 13.4. The van der Waals surface area contributed by atoms with Gasteiger partial charge in [0.15, 0.2) is 0 Å². The first kappa shape index (κ1) is 13.3. The molecule has 20 heavy (non-hydrogen) atoms. The average molecular weight is 268 g/mol. The molecule has 1 aromatic heterocycles. The van der Waals surface area contributed by atoms with E-state index in [1.54, 1.807) is 0 Å². The molecule has 3 rings (SSSR count). The van der Waals surface area contributed by atoms with Crippen molar-refractivity contribution in [3.05, 3.63) is 48.8 Å². The van der Waals surface area contributed by atoms with Crippen molar-refractivity contribution in [3.8, 4) is 5.69 Å². The molecule has 2 nitrogen and oxygen atoms in total. The van der Waals surface area contributed by atoms with Crippen LogP contribution in [0.2, 0.25) is 0 Å². The molecule has 0 saturated heterocycles. The minimum absolute atomic E-state index is 0.619. The van der Waals surface area contributed by atoms with E-state index in [0.29, 0.717) is 6.04 Å². The zero-order valence-electron chi connectivity index (χ0n) is 12.4.